The van der Waals surface area contributed by atoms with Crippen LogP contribution in [0.25, 0.3) is 11.1 Å². The molecule has 0 amide bonds. The zero-order valence-electron chi connectivity index (χ0n) is 20.7. The summed E-state index contributed by atoms with van der Waals surface area (Å²) in [6.07, 6.45) is 6.47. The molecule has 0 aliphatic carbocycles. The van der Waals surface area contributed by atoms with Crippen LogP contribution in [0.3, 0.4) is 0 Å². The molecule has 4 aromatic rings. The van der Waals surface area contributed by atoms with Gasteiger partial charge in [0, 0.05) is 30.6 Å². The van der Waals surface area contributed by atoms with Gasteiger partial charge in [0.1, 0.15) is 5.82 Å². The van der Waals surface area contributed by atoms with Crippen molar-refractivity contribution < 1.29 is 17.9 Å². The van der Waals surface area contributed by atoms with Crippen molar-refractivity contribution in [2.75, 3.05) is 0 Å². The van der Waals surface area contributed by atoms with Crippen LogP contribution in [0.5, 0.6) is 5.88 Å². The zero-order chi connectivity index (χ0) is 26.7. The van der Waals surface area contributed by atoms with Gasteiger partial charge >= 0.3 is 0 Å². The third kappa shape index (κ3) is 5.01. The molecule has 1 aromatic carbocycles. The van der Waals surface area contributed by atoms with Gasteiger partial charge in [-0.3, -0.25) is 14.3 Å². The third-order valence-electron chi connectivity index (χ3n) is 6.33. The standard InChI is InChI=1S/C27H27FN4O4S/c1-4-5-8-23-31-26(33)24(27(34)32(23)18(3)20-7-6-14-29-16-20)37(35,36)21-11-9-19(10-12-21)22-13-15-30-25(28)17(22)2/h6-7,9-16,18,34H,4-5,8H2,1-3H3. The van der Waals surface area contributed by atoms with E-state index in [9.17, 15) is 22.7 Å². The van der Waals surface area contributed by atoms with Crippen molar-refractivity contribution in [3.05, 3.63) is 94.3 Å². The first kappa shape index (κ1) is 26.2. The maximum absolute atomic E-state index is 13.9. The summed E-state index contributed by atoms with van der Waals surface area (Å²) >= 11 is 0. The zero-order valence-corrected chi connectivity index (χ0v) is 21.5. The molecule has 0 saturated heterocycles. The molecule has 1 atom stereocenters. The van der Waals surface area contributed by atoms with Gasteiger partial charge in [0.25, 0.3) is 5.56 Å². The number of rotatable bonds is 8. The predicted molar refractivity (Wildman–Crippen MR) is 137 cm³/mol. The average Bonchev–Trinajstić information content (AvgIpc) is 2.89. The highest BCUT2D eigenvalue weighted by molar-refractivity contribution is 7.91. The normalized spacial score (nSPS) is 12.4. The molecule has 3 heterocycles. The molecule has 10 heteroatoms. The van der Waals surface area contributed by atoms with E-state index in [1.807, 2.05) is 6.92 Å². The first-order chi connectivity index (χ1) is 17.7. The van der Waals surface area contributed by atoms with Crippen LogP contribution in [0, 0.1) is 12.9 Å². The Morgan fingerprint density at radius 2 is 1.84 bits per heavy atom. The molecule has 0 fully saturated rings. The second kappa shape index (κ2) is 10.6. The number of benzene rings is 1. The van der Waals surface area contributed by atoms with Gasteiger partial charge in [-0.05, 0) is 61.2 Å². The fraction of sp³-hybridized carbons (Fsp3) is 0.259. The number of hydrogen-bond donors (Lipinski definition) is 1. The number of pyridine rings is 2. The monoisotopic (exact) mass is 522 g/mol. The minimum Gasteiger partial charge on any atom is -0.493 e. The van der Waals surface area contributed by atoms with Gasteiger partial charge in [0.15, 0.2) is 4.90 Å². The van der Waals surface area contributed by atoms with Crippen molar-refractivity contribution in [2.45, 2.75) is 55.9 Å². The largest absolute Gasteiger partial charge is 0.493 e. The topological polar surface area (TPSA) is 115 Å². The van der Waals surface area contributed by atoms with Crippen molar-refractivity contribution in [1.82, 2.24) is 19.5 Å². The fourth-order valence-corrected chi connectivity index (χ4v) is 5.57. The van der Waals surface area contributed by atoms with E-state index in [1.54, 1.807) is 44.4 Å². The van der Waals surface area contributed by atoms with Gasteiger partial charge in [0.2, 0.25) is 21.7 Å². The van der Waals surface area contributed by atoms with Crippen LogP contribution in [0.4, 0.5) is 4.39 Å². The lowest BCUT2D eigenvalue weighted by molar-refractivity contribution is 0.369. The first-order valence-electron chi connectivity index (χ1n) is 11.9. The van der Waals surface area contributed by atoms with Gasteiger partial charge in [-0.2, -0.15) is 9.37 Å². The number of hydrogen-bond acceptors (Lipinski definition) is 7. The molecular formula is C27H27FN4O4S. The Bertz CT molecular complexity index is 1590. The van der Waals surface area contributed by atoms with E-state index in [2.05, 4.69) is 15.0 Å². The number of sulfone groups is 1. The van der Waals surface area contributed by atoms with Crippen LogP contribution >= 0.6 is 0 Å². The second-order valence-electron chi connectivity index (χ2n) is 8.72. The quantitative estimate of drug-likeness (QED) is 0.335. The lowest BCUT2D eigenvalue weighted by Gasteiger charge is -2.23. The van der Waals surface area contributed by atoms with Gasteiger partial charge in [-0.25, -0.2) is 13.4 Å². The summed E-state index contributed by atoms with van der Waals surface area (Å²) in [7, 11) is -4.44. The number of aryl methyl sites for hydroxylation is 1. The molecule has 0 radical (unpaired) electrons. The minimum absolute atomic E-state index is 0.195. The Hall–Kier alpha value is -3.92. The van der Waals surface area contributed by atoms with E-state index in [4.69, 9.17) is 0 Å². The third-order valence-corrected chi connectivity index (χ3v) is 8.12. The minimum atomic E-state index is -4.44. The Labute approximate surface area is 214 Å². The first-order valence-corrected chi connectivity index (χ1v) is 13.4. The van der Waals surface area contributed by atoms with Crippen molar-refractivity contribution >= 4 is 9.84 Å². The van der Waals surface area contributed by atoms with Gasteiger partial charge in [-0.15, -0.1) is 0 Å². The van der Waals surface area contributed by atoms with Crippen molar-refractivity contribution in [3.63, 3.8) is 0 Å². The Kier molecular flexibility index (Phi) is 7.49. The van der Waals surface area contributed by atoms with Crippen LogP contribution in [0.2, 0.25) is 0 Å². The van der Waals surface area contributed by atoms with Crippen LogP contribution in [-0.2, 0) is 16.3 Å². The van der Waals surface area contributed by atoms with Gasteiger partial charge in [0.05, 0.1) is 10.9 Å². The van der Waals surface area contributed by atoms with Crippen LogP contribution < -0.4 is 5.56 Å². The second-order valence-corrected chi connectivity index (χ2v) is 10.6. The number of unbranched alkanes of at least 4 members (excludes halogenated alkanes) is 1. The maximum atomic E-state index is 13.9. The Balaban J connectivity index is 1.84. The van der Waals surface area contributed by atoms with Gasteiger partial charge in [-0.1, -0.05) is 31.5 Å². The number of nitrogens with zero attached hydrogens (tertiary/aromatic N) is 4. The molecule has 8 nitrogen and oxygen atoms in total. The smallest absolute Gasteiger partial charge is 0.296 e. The molecular weight excluding hydrogens is 495 g/mol. The van der Waals surface area contributed by atoms with Crippen LogP contribution in [0.15, 0.2) is 75.6 Å². The molecule has 0 saturated carbocycles. The molecule has 0 aliphatic rings. The summed E-state index contributed by atoms with van der Waals surface area (Å²) in [4.78, 5) is 23.8. The molecule has 0 aliphatic heterocycles. The van der Waals surface area contributed by atoms with Crippen molar-refractivity contribution in [2.24, 2.45) is 0 Å². The summed E-state index contributed by atoms with van der Waals surface area (Å²) in [6, 6.07) is 10.3. The van der Waals surface area contributed by atoms with E-state index < -0.39 is 38.2 Å². The molecule has 37 heavy (non-hydrogen) atoms. The number of aromatic nitrogens is 4. The van der Waals surface area contributed by atoms with Crippen LogP contribution in [0.1, 0.15) is 49.7 Å². The lowest BCUT2D eigenvalue weighted by Crippen LogP contribution is -2.27. The molecule has 192 valence electrons. The van der Waals surface area contributed by atoms with Crippen molar-refractivity contribution in [1.29, 1.82) is 0 Å². The molecule has 4 rings (SSSR count). The summed E-state index contributed by atoms with van der Waals surface area (Å²) in [6.45, 7) is 5.34. The highest BCUT2D eigenvalue weighted by Gasteiger charge is 2.31. The molecule has 0 spiro atoms. The Morgan fingerprint density at radius 3 is 2.49 bits per heavy atom. The lowest BCUT2D eigenvalue weighted by atomic mass is 10.0. The summed E-state index contributed by atoms with van der Waals surface area (Å²) in [5, 5.41) is 11.3. The van der Waals surface area contributed by atoms with E-state index >= 15 is 0 Å². The molecule has 0 bridgehead atoms. The van der Waals surface area contributed by atoms with Crippen LogP contribution in [-0.4, -0.2) is 33.0 Å². The maximum Gasteiger partial charge on any atom is 0.296 e. The molecule has 3 aromatic heterocycles. The number of aromatic hydroxyl groups is 1. The van der Waals surface area contributed by atoms with E-state index in [1.165, 1.54) is 35.0 Å². The van der Waals surface area contributed by atoms with E-state index in [0.717, 1.165) is 6.42 Å². The molecule has 1 unspecified atom stereocenters. The van der Waals surface area contributed by atoms with E-state index in [-0.39, 0.29) is 4.90 Å². The summed E-state index contributed by atoms with van der Waals surface area (Å²) < 4.78 is 42.5. The SMILES string of the molecule is CCCCc1nc(=O)c(S(=O)(=O)c2ccc(-c3ccnc(F)c3C)cc2)c(O)n1C(C)c1cccnc1. The predicted octanol–water partition coefficient (Wildman–Crippen LogP) is 4.64. The average molecular weight is 523 g/mol. The highest BCUT2D eigenvalue weighted by atomic mass is 32.2. The number of halogens is 1. The highest BCUT2D eigenvalue weighted by Crippen LogP contribution is 2.32. The summed E-state index contributed by atoms with van der Waals surface area (Å²) in [5.74, 6) is -0.986. The van der Waals surface area contributed by atoms with Gasteiger partial charge < -0.3 is 5.11 Å². The summed E-state index contributed by atoms with van der Waals surface area (Å²) in [5.41, 5.74) is 1.17. The molecule has 1 N–H and O–H groups in total. The fourth-order valence-electron chi connectivity index (χ4n) is 4.23. The van der Waals surface area contributed by atoms with E-state index in [0.29, 0.717) is 40.9 Å². The Morgan fingerprint density at radius 1 is 1.11 bits per heavy atom. The van der Waals surface area contributed by atoms with Crippen molar-refractivity contribution in [3.8, 4) is 17.0 Å².